The van der Waals surface area contributed by atoms with E-state index < -0.39 is 0 Å². The molecule has 1 aliphatic heterocycles. The summed E-state index contributed by atoms with van der Waals surface area (Å²) >= 11 is 1.53. The third-order valence-corrected chi connectivity index (χ3v) is 5.43. The maximum absolute atomic E-state index is 12.6. The van der Waals surface area contributed by atoms with Crippen molar-refractivity contribution in [3.8, 4) is 5.75 Å². The molecule has 2 aromatic heterocycles. The first-order valence-electron chi connectivity index (χ1n) is 9.48. The van der Waals surface area contributed by atoms with E-state index in [1.165, 1.54) is 11.3 Å². The van der Waals surface area contributed by atoms with Crippen LogP contribution in [-0.2, 0) is 6.61 Å². The van der Waals surface area contributed by atoms with Crippen LogP contribution in [-0.4, -0.2) is 54.0 Å². The summed E-state index contributed by atoms with van der Waals surface area (Å²) in [6.07, 6.45) is 1.70. The number of rotatable bonds is 6. The van der Waals surface area contributed by atoms with Gasteiger partial charge < -0.3 is 19.9 Å². The second kappa shape index (κ2) is 9.02. The average molecular weight is 410 g/mol. The summed E-state index contributed by atoms with van der Waals surface area (Å²) in [5.74, 6) is 1.38. The Hall–Kier alpha value is -2.97. The van der Waals surface area contributed by atoms with Gasteiger partial charge >= 0.3 is 0 Å². The molecular weight excluding hydrogens is 386 g/mol. The smallest absolute Gasteiger partial charge is 0.255 e. The molecule has 8 heteroatoms. The fourth-order valence-electron chi connectivity index (χ4n) is 3.08. The third kappa shape index (κ3) is 5.10. The zero-order valence-corrected chi connectivity index (χ0v) is 17.1. The van der Waals surface area contributed by atoms with Crippen molar-refractivity contribution >= 4 is 28.7 Å². The van der Waals surface area contributed by atoms with Crippen molar-refractivity contribution in [3.05, 3.63) is 64.7 Å². The number of aromatic nitrogens is 2. The molecule has 29 heavy (non-hydrogen) atoms. The van der Waals surface area contributed by atoms with Crippen molar-refractivity contribution in [1.29, 1.82) is 0 Å². The Balaban J connectivity index is 1.35. The van der Waals surface area contributed by atoms with Crippen LogP contribution in [0.15, 0.2) is 53.5 Å². The molecule has 0 unspecified atom stereocenters. The molecule has 3 heterocycles. The molecule has 3 aromatic rings. The van der Waals surface area contributed by atoms with Crippen LogP contribution >= 0.6 is 11.3 Å². The zero-order chi connectivity index (χ0) is 20.1. The number of anilines is 2. The molecule has 7 nitrogen and oxygen atoms in total. The number of thiazole rings is 1. The summed E-state index contributed by atoms with van der Waals surface area (Å²) < 4.78 is 5.72. The number of hydrogen-bond donors (Lipinski definition) is 1. The number of carbonyl (C=O) groups excluding carboxylic acids is 1. The first-order chi connectivity index (χ1) is 14.2. The predicted molar refractivity (Wildman–Crippen MR) is 115 cm³/mol. The van der Waals surface area contributed by atoms with Crippen molar-refractivity contribution in [2.24, 2.45) is 0 Å². The van der Waals surface area contributed by atoms with Crippen molar-refractivity contribution in [1.82, 2.24) is 14.9 Å². The van der Waals surface area contributed by atoms with Gasteiger partial charge in [-0.2, -0.15) is 0 Å². The average Bonchev–Trinajstić information content (AvgIpc) is 3.27. The van der Waals surface area contributed by atoms with Crippen LogP contribution in [0.5, 0.6) is 5.75 Å². The van der Waals surface area contributed by atoms with E-state index in [9.17, 15) is 4.79 Å². The number of likely N-dealkylation sites (N-methyl/N-ethyl adjacent to an activating group) is 1. The van der Waals surface area contributed by atoms with E-state index in [2.05, 4.69) is 32.1 Å². The molecule has 1 N–H and O–H groups in total. The predicted octanol–water partition coefficient (Wildman–Crippen LogP) is 3.12. The molecule has 0 bridgehead atoms. The number of pyridine rings is 1. The van der Waals surface area contributed by atoms with Gasteiger partial charge in [-0.25, -0.2) is 9.97 Å². The van der Waals surface area contributed by atoms with Crippen molar-refractivity contribution in [2.45, 2.75) is 6.61 Å². The Bertz CT molecular complexity index is 938. The summed E-state index contributed by atoms with van der Waals surface area (Å²) in [6, 6.07) is 11.0. The number of ether oxygens (including phenoxy) is 1. The Morgan fingerprint density at radius 1 is 1.17 bits per heavy atom. The normalized spacial score (nSPS) is 14.6. The van der Waals surface area contributed by atoms with Crippen LogP contribution in [0.4, 0.5) is 11.5 Å². The minimum atomic E-state index is -0.196. The van der Waals surface area contributed by atoms with Gasteiger partial charge in [0, 0.05) is 37.1 Å². The first-order valence-corrected chi connectivity index (χ1v) is 10.4. The lowest BCUT2D eigenvalue weighted by atomic mass is 10.2. The number of piperazine rings is 1. The highest BCUT2D eigenvalue weighted by Gasteiger charge is 2.15. The van der Waals surface area contributed by atoms with Gasteiger partial charge in [-0.05, 0) is 37.4 Å². The minimum Gasteiger partial charge on any atom is -0.487 e. The fourth-order valence-corrected chi connectivity index (χ4v) is 3.62. The van der Waals surface area contributed by atoms with E-state index in [0.717, 1.165) is 37.7 Å². The van der Waals surface area contributed by atoms with Gasteiger partial charge in [0.2, 0.25) is 0 Å². The highest BCUT2D eigenvalue weighted by Crippen LogP contribution is 2.19. The van der Waals surface area contributed by atoms with Crippen molar-refractivity contribution in [2.75, 3.05) is 43.4 Å². The number of carbonyl (C=O) groups is 1. The molecule has 1 aromatic carbocycles. The van der Waals surface area contributed by atoms with Gasteiger partial charge in [-0.1, -0.05) is 6.07 Å². The molecule has 4 rings (SSSR count). The topological polar surface area (TPSA) is 70.6 Å². The summed E-state index contributed by atoms with van der Waals surface area (Å²) in [5, 5.41) is 4.84. The van der Waals surface area contributed by atoms with E-state index >= 15 is 0 Å². The number of nitrogens with one attached hydrogen (secondary N) is 1. The molecule has 0 aliphatic carbocycles. The van der Waals surface area contributed by atoms with Crippen LogP contribution in [0.1, 0.15) is 16.1 Å². The van der Waals surface area contributed by atoms with E-state index in [-0.39, 0.29) is 5.91 Å². The first kappa shape index (κ1) is 19.4. The molecule has 150 valence electrons. The van der Waals surface area contributed by atoms with E-state index in [0.29, 0.717) is 23.6 Å². The summed E-state index contributed by atoms with van der Waals surface area (Å²) in [4.78, 5) is 25.9. The highest BCUT2D eigenvalue weighted by atomic mass is 32.1. The maximum Gasteiger partial charge on any atom is 0.255 e. The van der Waals surface area contributed by atoms with Gasteiger partial charge in [-0.15, -0.1) is 11.3 Å². The lowest BCUT2D eigenvalue weighted by molar-refractivity contribution is 0.102. The van der Waals surface area contributed by atoms with Crippen LogP contribution in [0.25, 0.3) is 0 Å². The fraction of sp³-hybridized carbons (Fsp3) is 0.286. The lowest BCUT2D eigenvalue weighted by Crippen LogP contribution is -2.44. The summed E-state index contributed by atoms with van der Waals surface area (Å²) in [7, 11) is 2.13. The van der Waals surface area contributed by atoms with Crippen LogP contribution in [0, 0.1) is 0 Å². The largest absolute Gasteiger partial charge is 0.487 e. The van der Waals surface area contributed by atoms with Gasteiger partial charge in [0.1, 0.15) is 18.2 Å². The van der Waals surface area contributed by atoms with Crippen LogP contribution < -0.4 is 15.0 Å². The van der Waals surface area contributed by atoms with E-state index in [4.69, 9.17) is 4.74 Å². The number of hydrogen-bond acceptors (Lipinski definition) is 7. The standard InChI is InChI=1S/C21H23N5O2S/c1-25-7-9-26(10-8-25)20-6-5-17(12-22-20)24-21(27)16-3-2-4-19(11-16)28-13-18-14-29-15-23-18/h2-6,11-12,14-15H,7-10,13H2,1H3,(H,24,27). The zero-order valence-electron chi connectivity index (χ0n) is 16.2. The number of benzene rings is 1. The van der Waals surface area contributed by atoms with E-state index in [1.807, 2.05) is 23.6 Å². The number of amides is 1. The van der Waals surface area contributed by atoms with Crippen LogP contribution in [0.2, 0.25) is 0 Å². The van der Waals surface area contributed by atoms with Gasteiger partial charge in [-0.3, -0.25) is 4.79 Å². The Morgan fingerprint density at radius 3 is 2.76 bits per heavy atom. The maximum atomic E-state index is 12.6. The molecular formula is C21H23N5O2S. The summed E-state index contributed by atoms with van der Waals surface area (Å²) in [6.45, 7) is 4.36. The molecule has 1 fully saturated rings. The molecule has 0 atom stereocenters. The molecule has 1 aliphatic rings. The Labute approximate surface area is 174 Å². The van der Waals surface area contributed by atoms with Gasteiger partial charge in [0.05, 0.1) is 23.1 Å². The SMILES string of the molecule is CN1CCN(c2ccc(NC(=O)c3cccc(OCc4cscn4)c3)cn2)CC1. The molecule has 1 saturated heterocycles. The van der Waals surface area contributed by atoms with Crippen molar-refractivity contribution < 1.29 is 9.53 Å². The highest BCUT2D eigenvalue weighted by molar-refractivity contribution is 7.07. The Morgan fingerprint density at radius 2 is 2.03 bits per heavy atom. The second-order valence-corrected chi connectivity index (χ2v) is 7.66. The monoisotopic (exact) mass is 409 g/mol. The summed E-state index contributed by atoms with van der Waals surface area (Å²) in [5.41, 5.74) is 3.84. The molecule has 0 radical (unpaired) electrons. The number of nitrogens with zero attached hydrogens (tertiary/aromatic N) is 4. The molecule has 0 saturated carbocycles. The Kier molecular flexibility index (Phi) is 6.02. The molecule has 0 spiro atoms. The quantitative estimate of drug-likeness (QED) is 0.675. The lowest BCUT2D eigenvalue weighted by Gasteiger charge is -2.33. The molecule has 1 amide bonds. The van der Waals surface area contributed by atoms with Crippen LogP contribution in [0.3, 0.4) is 0 Å². The van der Waals surface area contributed by atoms with Gasteiger partial charge in [0.15, 0.2) is 0 Å². The second-order valence-electron chi connectivity index (χ2n) is 6.95. The van der Waals surface area contributed by atoms with Gasteiger partial charge in [0.25, 0.3) is 5.91 Å². The van der Waals surface area contributed by atoms with E-state index in [1.54, 1.807) is 29.9 Å². The third-order valence-electron chi connectivity index (χ3n) is 4.80. The minimum absolute atomic E-state index is 0.196. The van der Waals surface area contributed by atoms with Crippen molar-refractivity contribution in [3.63, 3.8) is 0 Å².